The third-order valence-electron chi connectivity index (χ3n) is 3.70. The summed E-state index contributed by atoms with van der Waals surface area (Å²) in [4.78, 5) is 9.21. The lowest BCUT2D eigenvalue weighted by Gasteiger charge is -2.13. The topological polar surface area (TPSA) is 52.1 Å². The van der Waals surface area contributed by atoms with E-state index >= 15 is 0 Å². The molecular weight excluding hydrogens is 370 g/mol. The van der Waals surface area contributed by atoms with Gasteiger partial charge in [-0.15, -0.1) is 0 Å². The minimum absolute atomic E-state index is 0.129. The van der Waals surface area contributed by atoms with E-state index in [0.29, 0.717) is 38.6 Å². The van der Waals surface area contributed by atoms with Crippen molar-refractivity contribution >= 4 is 31.6 Å². The molecule has 0 spiro atoms. The van der Waals surface area contributed by atoms with Crippen molar-refractivity contribution < 1.29 is 17.7 Å². The number of hydrogen-bond donors (Lipinski definition) is 0. The molecule has 25 heavy (non-hydrogen) atoms. The predicted molar refractivity (Wildman–Crippen MR) is 93.5 cm³/mol. The summed E-state index contributed by atoms with van der Waals surface area (Å²) in [6, 6.07) is 9.14. The Morgan fingerprint density at radius 1 is 1.16 bits per heavy atom. The number of methoxy groups -OCH3 is 1. The highest BCUT2D eigenvalue weighted by Crippen LogP contribution is 2.36. The van der Waals surface area contributed by atoms with Crippen LogP contribution in [0.25, 0.3) is 22.2 Å². The average Bonchev–Trinajstić information content (AvgIpc) is 2.59. The molecule has 0 aliphatic carbocycles. The molecule has 1 atom stereocenters. The van der Waals surface area contributed by atoms with Crippen LogP contribution < -0.4 is 4.74 Å². The minimum atomic E-state index is -2.59. The zero-order chi connectivity index (χ0) is 18.1. The number of halogens is 3. The van der Waals surface area contributed by atoms with E-state index in [0.717, 1.165) is 0 Å². The second kappa shape index (κ2) is 7.01. The fourth-order valence-corrected chi connectivity index (χ4v) is 3.24. The van der Waals surface area contributed by atoms with Crippen molar-refractivity contribution in [3.63, 3.8) is 0 Å². The van der Waals surface area contributed by atoms with Crippen LogP contribution in [-0.2, 0) is 10.0 Å². The first-order valence-electron chi connectivity index (χ1n) is 7.23. The maximum absolute atomic E-state index is 12.9. The number of aromatic nitrogens is 2. The van der Waals surface area contributed by atoms with E-state index in [1.165, 1.54) is 19.2 Å². The molecule has 3 aromatic rings. The van der Waals surface area contributed by atoms with Gasteiger partial charge >= 0.3 is 0 Å². The van der Waals surface area contributed by atoms with Crippen molar-refractivity contribution in [1.29, 1.82) is 0 Å². The highest BCUT2D eigenvalue weighted by molar-refractivity contribution is 8.08. The lowest BCUT2D eigenvalue weighted by Crippen LogP contribution is -1.98. The lowest BCUT2D eigenvalue weighted by molar-refractivity contribution is 0.151. The largest absolute Gasteiger partial charge is 0.496 e. The van der Waals surface area contributed by atoms with Crippen LogP contribution in [0.15, 0.2) is 41.3 Å². The van der Waals surface area contributed by atoms with E-state index < -0.39 is 16.4 Å². The fraction of sp³-hybridized carbons (Fsp3) is 0.176. The Kier molecular flexibility index (Phi) is 4.96. The first-order chi connectivity index (χ1) is 11.9. The molecule has 0 saturated heterocycles. The zero-order valence-corrected chi connectivity index (χ0v) is 14.9. The van der Waals surface area contributed by atoms with Gasteiger partial charge in [-0.1, -0.05) is 6.07 Å². The summed E-state index contributed by atoms with van der Waals surface area (Å²) < 4.78 is 42.6. The van der Waals surface area contributed by atoms with E-state index in [1.807, 2.05) is 0 Å². The molecule has 0 amide bonds. The van der Waals surface area contributed by atoms with Gasteiger partial charge in [-0.05, 0) is 47.9 Å². The third kappa shape index (κ3) is 3.48. The summed E-state index contributed by atoms with van der Waals surface area (Å²) in [5.41, 5.74) is 1.55. The number of alkyl halides is 2. The van der Waals surface area contributed by atoms with Crippen molar-refractivity contribution in [2.45, 2.75) is 18.2 Å². The van der Waals surface area contributed by atoms with Gasteiger partial charge in [-0.3, -0.25) is 0 Å². The number of aryl methyl sites for hydroxylation is 1. The van der Waals surface area contributed by atoms with Crippen molar-refractivity contribution in [3.05, 3.63) is 47.8 Å². The Bertz CT molecular complexity index is 982. The molecule has 0 N–H and O–H groups in total. The van der Waals surface area contributed by atoms with Crippen molar-refractivity contribution in [2.75, 3.05) is 7.11 Å². The zero-order valence-electron chi connectivity index (χ0n) is 13.3. The number of rotatable bonds is 4. The minimum Gasteiger partial charge on any atom is -0.496 e. The van der Waals surface area contributed by atoms with Gasteiger partial charge < -0.3 is 4.74 Å². The Morgan fingerprint density at radius 3 is 2.56 bits per heavy atom. The molecule has 0 saturated carbocycles. The molecule has 0 aliphatic rings. The van der Waals surface area contributed by atoms with Crippen LogP contribution in [0.2, 0.25) is 0 Å². The highest BCUT2D eigenvalue weighted by atomic mass is 35.7. The van der Waals surface area contributed by atoms with Gasteiger partial charge in [0.15, 0.2) is 0 Å². The summed E-state index contributed by atoms with van der Waals surface area (Å²) in [6.07, 6.45) is -2.59. The van der Waals surface area contributed by atoms with Gasteiger partial charge in [0.2, 0.25) is 0 Å². The maximum atomic E-state index is 12.9. The van der Waals surface area contributed by atoms with Crippen molar-refractivity contribution in [3.8, 4) is 17.0 Å². The van der Waals surface area contributed by atoms with Crippen LogP contribution in [0.4, 0.5) is 8.78 Å². The quantitative estimate of drug-likeness (QED) is 0.607. The van der Waals surface area contributed by atoms with Gasteiger partial charge in [0.05, 0.1) is 23.2 Å². The molecule has 1 heterocycles. The molecule has 130 valence electrons. The first-order valence-corrected chi connectivity index (χ1v) is 9.21. The number of nitrogens with zero attached hydrogens (tertiary/aromatic N) is 2. The standard InChI is InChI=1S/C17H13ClF2N2O2S/c1-9-21-14-8-11(25(18)23)4-6-12(14)16(22-9)13-5-3-10(17(19)20)7-15(13)24-2/h3-8,17H,1-2H3. The summed E-state index contributed by atoms with van der Waals surface area (Å²) in [7, 11) is 5.40. The van der Waals surface area contributed by atoms with Crippen LogP contribution >= 0.6 is 10.7 Å². The molecule has 0 aliphatic heterocycles. The number of ether oxygens (including phenoxy) is 1. The normalized spacial score (nSPS) is 12.6. The van der Waals surface area contributed by atoms with Gasteiger partial charge in [0.1, 0.15) is 21.6 Å². The Hall–Kier alpha value is -2.12. The fourth-order valence-electron chi connectivity index (χ4n) is 2.57. The maximum Gasteiger partial charge on any atom is 0.263 e. The Morgan fingerprint density at radius 2 is 1.92 bits per heavy atom. The molecule has 1 unspecified atom stereocenters. The second-order valence-electron chi connectivity index (χ2n) is 5.28. The molecule has 0 bridgehead atoms. The van der Waals surface area contributed by atoms with Gasteiger partial charge in [-0.25, -0.2) is 23.0 Å². The van der Waals surface area contributed by atoms with E-state index in [1.54, 1.807) is 31.2 Å². The predicted octanol–water partition coefficient (Wildman–Crippen LogP) is 4.81. The monoisotopic (exact) mass is 382 g/mol. The summed E-state index contributed by atoms with van der Waals surface area (Å²) >= 11 is 0. The highest BCUT2D eigenvalue weighted by Gasteiger charge is 2.17. The van der Waals surface area contributed by atoms with Crippen LogP contribution in [0.1, 0.15) is 17.8 Å². The van der Waals surface area contributed by atoms with E-state index in [9.17, 15) is 13.0 Å². The van der Waals surface area contributed by atoms with Crippen molar-refractivity contribution in [2.24, 2.45) is 0 Å². The Labute approximate surface area is 149 Å². The van der Waals surface area contributed by atoms with Crippen LogP contribution in [0.3, 0.4) is 0 Å². The lowest BCUT2D eigenvalue weighted by atomic mass is 10.0. The average molecular weight is 383 g/mol. The number of hydrogen-bond acceptors (Lipinski definition) is 4. The number of fused-ring (bicyclic) bond motifs is 1. The van der Waals surface area contributed by atoms with E-state index in [2.05, 4.69) is 9.97 Å². The first kappa shape index (κ1) is 17.7. The molecule has 8 heteroatoms. The molecular formula is C17H13ClF2N2O2S. The van der Waals surface area contributed by atoms with Crippen LogP contribution in [0.5, 0.6) is 5.75 Å². The van der Waals surface area contributed by atoms with Gasteiger partial charge in [-0.2, -0.15) is 0 Å². The molecule has 4 nitrogen and oxygen atoms in total. The Balaban J connectivity index is 2.26. The molecule has 0 fully saturated rings. The molecule has 2 aromatic carbocycles. The van der Waals surface area contributed by atoms with Crippen LogP contribution in [0, 0.1) is 6.92 Å². The summed E-state index contributed by atoms with van der Waals surface area (Å²) in [6.45, 7) is 1.72. The van der Waals surface area contributed by atoms with E-state index in [-0.39, 0.29) is 5.56 Å². The summed E-state index contributed by atoms with van der Waals surface area (Å²) in [5, 5.41) is 0.680. The number of benzene rings is 2. The SMILES string of the molecule is COc1cc(C(F)F)ccc1-c1nc(C)nc2cc(S(=O)Cl)ccc12. The molecule has 3 rings (SSSR count). The molecule has 0 radical (unpaired) electrons. The van der Waals surface area contributed by atoms with Gasteiger partial charge in [0.25, 0.3) is 6.43 Å². The smallest absolute Gasteiger partial charge is 0.263 e. The van der Waals surface area contributed by atoms with E-state index in [4.69, 9.17) is 15.4 Å². The van der Waals surface area contributed by atoms with Gasteiger partial charge in [0, 0.05) is 16.5 Å². The van der Waals surface area contributed by atoms with Crippen molar-refractivity contribution in [1.82, 2.24) is 9.97 Å². The third-order valence-corrected chi connectivity index (χ3v) is 4.86. The molecule has 1 aromatic heterocycles. The van der Waals surface area contributed by atoms with Crippen LogP contribution in [-0.4, -0.2) is 21.3 Å². The second-order valence-corrected chi connectivity index (χ2v) is 7.04. The summed E-state index contributed by atoms with van der Waals surface area (Å²) in [5.74, 6) is 0.780.